The zero-order chi connectivity index (χ0) is 17.5. The van der Waals surface area contributed by atoms with Gasteiger partial charge in [0.05, 0.1) is 17.5 Å². The Morgan fingerprint density at radius 2 is 1.64 bits per heavy atom. The lowest BCUT2D eigenvalue weighted by Crippen LogP contribution is -2.42. The SMILES string of the molecule is O=C(CCCc1nc2ccccc2[nH]1)NNC(=O)Cc1ccccc1. The van der Waals surface area contributed by atoms with Gasteiger partial charge in [0.2, 0.25) is 11.8 Å². The van der Waals surface area contributed by atoms with Crippen LogP contribution in [0.2, 0.25) is 0 Å². The van der Waals surface area contributed by atoms with Gasteiger partial charge in [-0.25, -0.2) is 4.98 Å². The normalized spacial score (nSPS) is 10.6. The number of para-hydroxylation sites is 2. The molecule has 3 rings (SSSR count). The molecule has 6 heteroatoms. The van der Waals surface area contributed by atoms with Crippen molar-refractivity contribution in [2.45, 2.75) is 25.7 Å². The van der Waals surface area contributed by atoms with E-state index in [2.05, 4.69) is 20.8 Å². The van der Waals surface area contributed by atoms with E-state index in [0.29, 0.717) is 19.3 Å². The van der Waals surface area contributed by atoms with Crippen molar-refractivity contribution in [3.05, 3.63) is 66.0 Å². The lowest BCUT2D eigenvalue weighted by Gasteiger charge is -2.07. The molecule has 0 aliphatic heterocycles. The molecular weight excluding hydrogens is 316 g/mol. The van der Waals surface area contributed by atoms with Crippen molar-refractivity contribution in [3.8, 4) is 0 Å². The van der Waals surface area contributed by atoms with Crippen LogP contribution in [0.5, 0.6) is 0 Å². The number of carbonyl (C=O) groups is 2. The van der Waals surface area contributed by atoms with E-state index in [4.69, 9.17) is 0 Å². The van der Waals surface area contributed by atoms with Gasteiger partial charge in [-0.05, 0) is 24.1 Å². The van der Waals surface area contributed by atoms with Gasteiger partial charge in [0.15, 0.2) is 0 Å². The number of nitrogens with zero attached hydrogens (tertiary/aromatic N) is 1. The minimum Gasteiger partial charge on any atom is -0.342 e. The van der Waals surface area contributed by atoms with Crippen LogP contribution < -0.4 is 10.9 Å². The van der Waals surface area contributed by atoms with Crippen LogP contribution in [-0.2, 0) is 22.4 Å². The third-order valence-corrected chi connectivity index (χ3v) is 3.80. The van der Waals surface area contributed by atoms with Crippen LogP contribution in [0, 0.1) is 0 Å². The standard InChI is InChI=1S/C19H20N4O2/c24-18(22-23-19(25)13-14-7-2-1-3-8-14)12-6-11-17-20-15-9-4-5-10-16(15)21-17/h1-5,7-10H,6,11-13H2,(H,20,21)(H,22,24)(H,23,25). The molecule has 0 saturated heterocycles. The van der Waals surface area contributed by atoms with Crippen LogP contribution in [0.25, 0.3) is 11.0 Å². The fraction of sp³-hybridized carbons (Fsp3) is 0.211. The second-order valence-corrected chi connectivity index (χ2v) is 5.81. The minimum atomic E-state index is -0.239. The quantitative estimate of drug-likeness (QED) is 0.604. The van der Waals surface area contributed by atoms with Crippen LogP contribution in [0.1, 0.15) is 24.2 Å². The molecule has 0 unspecified atom stereocenters. The second kappa shape index (κ2) is 8.10. The average Bonchev–Trinajstić information content (AvgIpc) is 3.03. The molecule has 0 radical (unpaired) electrons. The molecule has 6 nitrogen and oxygen atoms in total. The monoisotopic (exact) mass is 336 g/mol. The molecule has 2 aromatic carbocycles. The summed E-state index contributed by atoms with van der Waals surface area (Å²) in [5.74, 6) is 0.413. The fourth-order valence-electron chi connectivity index (χ4n) is 2.57. The summed E-state index contributed by atoms with van der Waals surface area (Å²) in [5, 5.41) is 0. The number of nitrogens with one attached hydrogen (secondary N) is 3. The third-order valence-electron chi connectivity index (χ3n) is 3.80. The summed E-state index contributed by atoms with van der Waals surface area (Å²) >= 11 is 0. The Hall–Kier alpha value is -3.15. The van der Waals surface area contributed by atoms with Crippen molar-refractivity contribution in [2.75, 3.05) is 0 Å². The van der Waals surface area contributed by atoms with Gasteiger partial charge >= 0.3 is 0 Å². The van der Waals surface area contributed by atoms with E-state index in [9.17, 15) is 9.59 Å². The number of hydrogen-bond donors (Lipinski definition) is 3. The molecule has 0 saturated carbocycles. The van der Waals surface area contributed by atoms with Crippen LogP contribution in [0.4, 0.5) is 0 Å². The van der Waals surface area contributed by atoms with E-state index in [1.807, 2.05) is 54.6 Å². The number of rotatable bonds is 6. The summed E-state index contributed by atoms with van der Waals surface area (Å²) in [4.78, 5) is 31.3. The maximum Gasteiger partial charge on any atom is 0.242 e. The number of benzene rings is 2. The molecule has 25 heavy (non-hydrogen) atoms. The average molecular weight is 336 g/mol. The van der Waals surface area contributed by atoms with Crippen LogP contribution in [-0.4, -0.2) is 21.8 Å². The Balaban J connectivity index is 1.37. The highest BCUT2D eigenvalue weighted by atomic mass is 16.2. The fourth-order valence-corrected chi connectivity index (χ4v) is 2.57. The maximum absolute atomic E-state index is 11.8. The largest absolute Gasteiger partial charge is 0.342 e. The molecule has 0 fully saturated rings. The molecular formula is C19H20N4O2. The smallest absolute Gasteiger partial charge is 0.242 e. The van der Waals surface area contributed by atoms with E-state index in [-0.39, 0.29) is 18.2 Å². The summed E-state index contributed by atoms with van der Waals surface area (Å²) in [6, 6.07) is 17.2. The Morgan fingerprint density at radius 1 is 0.920 bits per heavy atom. The zero-order valence-electron chi connectivity index (χ0n) is 13.8. The molecule has 2 amide bonds. The summed E-state index contributed by atoms with van der Waals surface area (Å²) in [6.07, 6.45) is 1.89. The molecule has 0 aliphatic rings. The first-order valence-corrected chi connectivity index (χ1v) is 8.26. The molecule has 1 heterocycles. The zero-order valence-corrected chi connectivity index (χ0v) is 13.8. The Morgan fingerprint density at radius 3 is 2.44 bits per heavy atom. The molecule has 3 aromatic rings. The second-order valence-electron chi connectivity index (χ2n) is 5.81. The molecule has 0 atom stereocenters. The van der Waals surface area contributed by atoms with E-state index in [1.54, 1.807) is 0 Å². The predicted molar refractivity (Wildman–Crippen MR) is 95.5 cm³/mol. The summed E-state index contributed by atoms with van der Waals surface area (Å²) in [5.41, 5.74) is 7.71. The summed E-state index contributed by atoms with van der Waals surface area (Å²) in [6.45, 7) is 0. The van der Waals surface area contributed by atoms with Gasteiger partial charge < -0.3 is 4.98 Å². The molecule has 0 aliphatic carbocycles. The number of aryl methyl sites for hydroxylation is 1. The number of hydrazine groups is 1. The van der Waals surface area contributed by atoms with E-state index in [1.165, 1.54) is 0 Å². The van der Waals surface area contributed by atoms with Gasteiger partial charge in [-0.3, -0.25) is 20.4 Å². The first-order valence-electron chi connectivity index (χ1n) is 8.26. The van der Waals surface area contributed by atoms with E-state index in [0.717, 1.165) is 22.4 Å². The van der Waals surface area contributed by atoms with Gasteiger partial charge in [0.1, 0.15) is 5.82 Å². The third kappa shape index (κ3) is 4.91. The first-order chi connectivity index (χ1) is 12.2. The molecule has 0 spiro atoms. The lowest BCUT2D eigenvalue weighted by atomic mass is 10.1. The van der Waals surface area contributed by atoms with Crippen molar-refractivity contribution in [3.63, 3.8) is 0 Å². The molecule has 128 valence electrons. The number of imidazole rings is 1. The van der Waals surface area contributed by atoms with Crippen molar-refractivity contribution < 1.29 is 9.59 Å². The lowest BCUT2D eigenvalue weighted by molar-refractivity contribution is -0.128. The molecule has 0 bridgehead atoms. The number of amides is 2. The maximum atomic E-state index is 11.8. The highest BCUT2D eigenvalue weighted by molar-refractivity contribution is 5.83. The van der Waals surface area contributed by atoms with Gasteiger partial charge in [-0.15, -0.1) is 0 Å². The molecule has 1 aromatic heterocycles. The predicted octanol–water partition coefficient (Wildman–Crippen LogP) is 2.28. The van der Waals surface area contributed by atoms with Gasteiger partial charge in [0.25, 0.3) is 0 Å². The van der Waals surface area contributed by atoms with E-state index < -0.39 is 0 Å². The number of hydrogen-bond acceptors (Lipinski definition) is 3. The van der Waals surface area contributed by atoms with Crippen molar-refractivity contribution in [1.82, 2.24) is 20.8 Å². The number of aromatic amines is 1. The number of fused-ring (bicyclic) bond motifs is 1. The number of H-pyrrole nitrogens is 1. The molecule has 3 N–H and O–H groups in total. The van der Waals surface area contributed by atoms with Crippen molar-refractivity contribution in [2.24, 2.45) is 0 Å². The highest BCUT2D eigenvalue weighted by Gasteiger charge is 2.07. The van der Waals surface area contributed by atoms with E-state index >= 15 is 0 Å². The van der Waals surface area contributed by atoms with Crippen molar-refractivity contribution in [1.29, 1.82) is 0 Å². The Bertz CT molecular complexity index is 825. The van der Waals surface area contributed by atoms with Gasteiger partial charge in [0, 0.05) is 12.8 Å². The Kier molecular flexibility index (Phi) is 5.41. The minimum absolute atomic E-state index is 0.211. The topological polar surface area (TPSA) is 86.9 Å². The summed E-state index contributed by atoms with van der Waals surface area (Å²) < 4.78 is 0. The highest BCUT2D eigenvalue weighted by Crippen LogP contribution is 2.11. The van der Waals surface area contributed by atoms with Gasteiger partial charge in [-0.2, -0.15) is 0 Å². The van der Waals surface area contributed by atoms with Crippen LogP contribution >= 0.6 is 0 Å². The van der Waals surface area contributed by atoms with Crippen LogP contribution in [0.15, 0.2) is 54.6 Å². The first kappa shape index (κ1) is 16.7. The summed E-state index contributed by atoms with van der Waals surface area (Å²) in [7, 11) is 0. The Labute approximate surface area is 145 Å². The van der Waals surface area contributed by atoms with Crippen LogP contribution in [0.3, 0.4) is 0 Å². The van der Waals surface area contributed by atoms with Gasteiger partial charge in [-0.1, -0.05) is 42.5 Å². The number of aromatic nitrogens is 2. The van der Waals surface area contributed by atoms with Crippen molar-refractivity contribution >= 4 is 22.8 Å². The number of carbonyl (C=O) groups excluding carboxylic acids is 2.